The number of nitrogens with two attached hydrogens (primary N) is 1. The van der Waals surface area contributed by atoms with Crippen molar-refractivity contribution in [2.75, 3.05) is 0 Å². The minimum atomic E-state index is -1.19. The number of carboxylic acid groups (broad SMARTS) is 1. The number of carboxylic acids is 1. The molecule has 0 radical (unpaired) electrons. The van der Waals surface area contributed by atoms with Gasteiger partial charge >= 0.3 is 5.97 Å². The zero-order chi connectivity index (χ0) is 40.5. The molecule has 2 aromatic carbocycles. The van der Waals surface area contributed by atoms with E-state index in [0.29, 0.717) is 6.42 Å². The molecule has 4 unspecified atom stereocenters. The minimum Gasteiger partial charge on any atom is -0.480 e. The largest absolute Gasteiger partial charge is 0.480 e. The van der Waals surface area contributed by atoms with Crippen LogP contribution in [0.2, 0.25) is 0 Å². The van der Waals surface area contributed by atoms with Gasteiger partial charge in [-0.3, -0.25) is 24.0 Å². The van der Waals surface area contributed by atoms with Crippen LogP contribution in [0.15, 0.2) is 60.7 Å². The summed E-state index contributed by atoms with van der Waals surface area (Å²) in [7, 11) is 0. The maximum Gasteiger partial charge on any atom is 0.326 e. The zero-order valence-electron chi connectivity index (χ0n) is 33.1. The SMILES string of the molecule is CC(C)CC(=O)NC(CC(C)C)C(=O)NC(C(=O)N[C@@H](Cc1ccccc1)[C@@H](N)CC(=O)NC(Cc1ccccc1)C(=O)NC(C(=O)O)C(C)C)C(C)C. The van der Waals surface area contributed by atoms with Crippen LogP contribution in [0, 0.1) is 23.7 Å². The van der Waals surface area contributed by atoms with Crippen molar-refractivity contribution in [3.63, 3.8) is 0 Å². The Balaban J connectivity index is 2.30. The van der Waals surface area contributed by atoms with Gasteiger partial charge in [0.05, 0.1) is 0 Å². The molecule has 0 fully saturated rings. The van der Waals surface area contributed by atoms with E-state index in [4.69, 9.17) is 5.73 Å². The quantitative estimate of drug-likeness (QED) is 0.0949. The topological polar surface area (TPSA) is 209 Å². The van der Waals surface area contributed by atoms with Crippen molar-refractivity contribution in [1.82, 2.24) is 26.6 Å². The Labute approximate surface area is 320 Å². The Morgan fingerprint density at radius 2 is 1.02 bits per heavy atom. The maximum absolute atomic E-state index is 13.9. The molecule has 0 bridgehead atoms. The smallest absolute Gasteiger partial charge is 0.326 e. The van der Waals surface area contributed by atoms with Gasteiger partial charge in [0.2, 0.25) is 29.5 Å². The second kappa shape index (κ2) is 22.4. The molecule has 2 rings (SSSR count). The molecule has 0 aliphatic carbocycles. The average Bonchev–Trinajstić information content (AvgIpc) is 3.08. The second-order valence-electron chi connectivity index (χ2n) is 15.6. The summed E-state index contributed by atoms with van der Waals surface area (Å²) in [6.45, 7) is 14.7. The van der Waals surface area contributed by atoms with Gasteiger partial charge in [-0.2, -0.15) is 0 Å². The Hall–Kier alpha value is -4.78. The fourth-order valence-electron chi connectivity index (χ4n) is 6.00. The molecule has 0 saturated heterocycles. The van der Waals surface area contributed by atoms with E-state index in [9.17, 15) is 33.9 Å². The van der Waals surface area contributed by atoms with Gasteiger partial charge in [-0.1, -0.05) is 116 Å². The van der Waals surface area contributed by atoms with Crippen LogP contribution >= 0.6 is 0 Å². The molecule has 13 heteroatoms. The number of hydrogen-bond donors (Lipinski definition) is 7. The molecule has 5 amide bonds. The first-order valence-electron chi connectivity index (χ1n) is 18.9. The highest BCUT2D eigenvalue weighted by Crippen LogP contribution is 2.13. The summed E-state index contributed by atoms with van der Waals surface area (Å²) in [5.74, 6) is -4.15. The maximum atomic E-state index is 13.9. The van der Waals surface area contributed by atoms with Gasteiger partial charge in [0.25, 0.3) is 0 Å². The lowest BCUT2D eigenvalue weighted by Gasteiger charge is -2.30. The van der Waals surface area contributed by atoms with Crippen LogP contribution < -0.4 is 32.3 Å². The molecule has 0 heterocycles. The van der Waals surface area contributed by atoms with Crippen LogP contribution in [0.3, 0.4) is 0 Å². The monoisotopic (exact) mass is 750 g/mol. The lowest BCUT2D eigenvalue weighted by atomic mass is 9.95. The Morgan fingerprint density at radius 1 is 0.556 bits per heavy atom. The molecule has 8 N–H and O–H groups in total. The van der Waals surface area contributed by atoms with Crippen LogP contribution in [0.5, 0.6) is 0 Å². The molecule has 54 heavy (non-hydrogen) atoms. The Bertz CT molecular complexity index is 1520. The van der Waals surface area contributed by atoms with E-state index < -0.39 is 71.8 Å². The lowest BCUT2D eigenvalue weighted by molar-refractivity contribution is -0.143. The zero-order valence-corrected chi connectivity index (χ0v) is 33.1. The molecular weight excluding hydrogens is 688 g/mol. The third-order valence-corrected chi connectivity index (χ3v) is 8.93. The Kier molecular flexibility index (Phi) is 18.9. The molecule has 13 nitrogen and oxygen atoms in total. The predicted octanol–water partition coefficient (Wildman–Crippen LogP) is 3.10. The summed E-state index contributed by atoms with van der Waals surface area (Å²) < 4.78 is 0. The highest BCUT2D eigenvalue weighted by atomic mass is 16.4. The number of carbonyl (C=O) groups excluding carboxylic acids is 5. The van der Waals surface area contributed by atoms with Crippen molar-refractivity contribution in [3.8, 4) is 0 Å². The number of amides is 5. The number of rotatable bonds is 22. The number of hydrogen-bond acceptors (Lipinski definition) is 7. The molecular formula is C41H62N6O7. The highest BCUT2D eigenvalue weighted by Gasteiger charge is 2.33. The summed E-state index contributed by atoms with van der Waals surface area (Å²) in [5.41, 5.74) is 8.27. The predicted molar refractivity (Wildman–Crippen MR) is 209 cm³/mol. The number of nitrogens with one attached hydrogen (secondary N) is 5. The lowest BCUT2D eigenvalue weighted by Crippen LogP contribution is -2.59. The summed E-state index contributed by atoms with van der Waals surface area (Å²) in [6, 6.07) is 12.6. The first kappa shape index (κ1) is 45.4. The van der Waals surface area contributed by atoms with E-state index in [1.54, 1.807) is 52.0 Å². The molecule has 0 spiro atoms. The number of carbonyl (C=O) groups is 6. The molecule has 0 saturated carbocycles. The molecule has 0 aromatic heterocycles. The first-order valence-corrected chi connectivity index (χ1v) is 18.9. The van der Waals surface area contributed by atoms with Crippen molar-refractivity contribution in [2.24, 2.45) is 29.4 Å². The minimum absolute atomic E-state index is 0.0954. The second-order valence-corrected chi connectivity index (χ2v) is 15.6. The van der Waals surface area contributed by atoms with Crippen molar-refractivity contribution in [3.05, 3.63) is 71.8 Å². The van der Waals surface area contributed by atoms with Gasteiger partial charge in [-0.15, -0.1) is 0 Å². The summed E-state index contributed by atoms with van der Waals surface area (Å²) in [4.78, 5) is 78.9. The van der Waals surface area contributed by atoms with E-state index in [2.05, 4.69) is 26.6 Å². The van der Waals surface area contributed by atoms with Gasteiger partial charge in [0.15, 0.2) is 0 Å². The number of aliphatic carboxylic acids is 1. The van der Waals surface area contributed by atoms with E-state index in [1.807, 2.05) is 64.1 Å². The number of benzene rings is 2. The van der Waals surface area contributed by atoms with Crippen LogP contribution in [0.25, 0.3) is 0 Å². The van der Waals surface area contributed by atoms with Crippen molar-refractivity contribution in [1.29, 1.82) is 0 Å². The van der Waals surface area contributed by atoms with E-state index in [0.717, 1.165) is 11.1 Å². The van der Waals surface area contributed by atoms with Crippen LogP contribution in [-0.4, -0.2) is 76.9 Å². The van der Waals surface area contributed by atoms with E-state index in [1.165, 1.54) is 0 Å². The van der Waals surface area contributed by atoms with Crippen LogP contribution in [0.1, 0.15) is 85.8 Å². The van der Waals surface area contributed by atoms with Gasteiger partial charge in [0, 0.05) is 31.3 Å². The first-order chi connectivity index (χ1) is 25.4. The van der Waals surface area contributed by atoms with Gasteiger partial charge in [0.1, 0.15) is 24.2 Å². The molecule has 2 aromatic rings. The van der Waals surface area contributed by atoms with Crippen molar-refractivity contribution in [2.45, 2.75) is 124 Å². The Morgan fingerprint density at radius 3 is 1.50 bits per heavy atom. The van der Waals surface area contributed by atoms with Gasteiger partial charge < -0.3 is 37.4 Å². The molecule has 0 aliphatic rings. The summed E-state index contributed by atoms with van der Waals surface area (Å²) in [6.07, 6.45) is 0.745. The molecule has 6 atom stereocenters. The van der Waals surface area contributed by atoms with E-state index >= 15 is 0 Å². The summed E-state index contributed by atoms with van der Waals surface area (Å²) in [5, 5.41) is 23.6. The van der Waals surface area contributed by atoms with Crippen molar-refractivity contribution >= 4 is 35.5 Å². The third kappa shape index (κ3) is 16.1. The average molecular weight is 751 g/mol. The van der Waals surface area contributed by atoms with Crippen LogP contribution in [0.4, 0.5) is 0 Å². The fraction of sp³-hybridized carbons (Fsp3) is 0.561. The normalized spacial score (nSPS) is 14.8. The van der Waals surface area contributed by atoms with E-state index in [-0.39, 0.29) is 49.3 Å². The molecule has 0 aliphatic heterocycles. The highest BCUT2D eigenvalue weighted by molar-refractivity contribution is 5.93. The standard InChI is InChI=1S/C41H62N6O7/c1-24(2)19-32(43-34(48)20-25(3)4)38(50)46-36(26(5)6)40(52)45-31(21-28-15-11-9-12-16-28)30(42)23-35(49)44-33(22-29-17-13-10-14-18-29)39(51)47-37(27(7)8)41(53)54/h9-18,24-27,30-33,36-37H,19-23,42H2,1-8H3,(H,43,48)(H,44,49)(H,45,52)(H,46,50)(H,47,51)(H,53,54)/t30-,31-,32?,33?,36?,37?/m0/s1. The van der Waals surface area contributed by atoms with Crippen LogP contribution in [-0.2, 0) is 41.6 Å². The van der Waals surface area contributed by atoms with Gasteiger partial charge in [-0.25, -0.2) is 4.79 Å². The van der Waals surface area contributed by atoms with Crippen molar-refractivity contribution < 1.29 is 33.9 Å². The van der Waals surface area contributed by atoms with Gasteiger partial charge in [-0.05, 0) is 47.6 Å². The molecule has 298 valence electrons. The fourth-order valence-corrected chi connectivity index (χ4v) is 6.00. The third-order valence-electron chi connectivity index (χ3n) is 8.93. The summed E-state index contributed by atoms with van der Waals surface area (Å²) >= 11 is 0.